The van der Waals surface area contributed by atoms with E-state index in [0.717, 1.165) is 16.9 Å². The first-order valence-corrected chi connectivity index (χ1v) is 5.51. The molecular weight excluding hydrogens is 222 g/mol. The van der Waals surface area contributed by atoms with Crippen molar-refractivity contribution in [3.63, 3.8) is 0 Å². The van der Waals surface area contributed by atoms with Crippen LogP contribution in [0.3, 0.4) is 0 Å². The summed E-state index contributed by atoms with van der Waals surface area (Å²) in [6.07, 6.45) is 0.632. The molecule has 0 aliphatic heterocycles. The number of hydrogen-bond acceptors (Lipinski definition) is 2. The first-order chi connectivity index (χ1) is 7.39. The van der Waals surface area contributed by atoms with E-state index >= 15 is 0 Å². The lowest BCUT2D eigenvalue weighted by Gasteiger charge is -2.18. The number of aryl methyl sites for hydroxylation is 1. The van der Waals surface area contributed by atoms with Crippen molar-refractivity contribution in [2.24, 2.45) is 5.41 Å². The molecule has 0 spiro atoms. The number of benzene rings is 1. The van der Waals surface area contributed by atoms with Crippen molar-refractivity contribution in [2.45, 2.75) is 27.2 Å². The molecule has 0 aliphatic carbocycles. The number of nitrogens with zero attached hydrogens (tertiary/aromatic N) is 1. The van der Waals surface area contributed by atoms with Crippen molar-refractivity contribution in [3.8, 4) is 11.8 Å². The van der Waals surface area contributed by atoms with Crippen LogP contribution in [0.1, 0.15) is 25.0 Å². The van der Waals surface area contributed by atoms with E-state index < -0.39 is 5.41 Å². The molecule has 0 radical (unpaired) electrons. The van der Waals surface area contributed by atoms with Gasteiger partial charge in [0.1, 0.15) is 5.75 Å². The van der Waals surface area contributed by atoms with E-state index in [9.17, 15) is 0 Å². The molecule has 0 unspecified atom stereocenters. The summed E-state index contributed by atoms with van der Waals surface area (Å²) in [5.41, 5.74) is 1.55. The molecule has 86 valence electrons. The maximum Gasteiger partial charge on any atom is 0.122 e. The standard InChI is InChI=1S/C13H16ClNO/c1-9-5-12(16-4)10(6-11(9)14)7-13(2,3)8-15/h5-6H,7H2,1-4H3. The largest absolute Gasteiger partial charge is 0.496 e. The molecule has 3 heteroatoms. The van der Waals surface area contributed by atoms with Crippen LogP contribution in [0.4, 0.5) is 0 Å². The van der Waals surface area contributed by atoms with Gasteiger partial charge in [0, 0.05) is 5.02 Å². The quantitative estimate of drug-likeness (QED) is 0.802. The Morgan fingerprint density at radius 1 is 1.44 bits per heavy atom. The van der Waals surface area contributed by atoms with Crippen LogP contribution in [0, 0.1) is 23.7 Å². The van der Waals surface area contributed by atoms with Crippen LogP contribution >= 0.6 is 11.6 Å². The number of rotatable bonds is 3. The Bertz CT molecular complexity index is 432. The van der Waals surface area contributed by atoms with Crippen LogP contribution in [0.5, 0.6) is 5.75 Å². The van der Waals surface area contributed by atoms with E-state index in [2.05, 4.69) is 6.07 Å². The number of halogens is 1. The second-order valence-corrected chi connectivity index (χ2v) is 4.99. The van der Waals surface area contributed by atoms with Crippen molar-refractivity contribution in [3.05, 3.63) is 28.3 Å². The Hall–Kier alpha value is -1.20. The van der Waals surface area contributed by atoms with E-state index in [1.807, 2.05) is 32.9 Å². The van der Waals surface area contributed by atoms with Gasteiger partial charge in [-0.15, -0.1) is 0 Å². The fourth-order valence-electron chi connectivity index (χ4n) is 1.54. The van der Waals surface area contributed by atoms with E-state index in [1.54, 1.807) is 7.11 Å². The molecular formula is C13H16ClNO. The molecule has 2 nitrogen and oxygen atoms in total. The van der Waals surface area contributed by atoms with Crippen LogP contribution in [-0.4, -0.2) is 7.11 Å². The molecule has 1 rings (SSSR count). The molecule has 0 fully saturated rings. The molecule has 1 aromatic rings. The van der Waals surface area contributed by atoms with Gasteiger partial charge in [0.2, 0.25) is 0 Å². The molecule has 1 aromatic carbocycles. The van der Waals surface area contributed by atoms with Crippen molar-refractivity contribution >= 4 is 11.6 Å². The third-order valence-electron chi connectivity index (χ3n) is 2.50. The van der Waals surface area contributed by atoms with Crippen LogP contribution in [-0.2, 0) is 6.42 Å². The molecule has 0 N–H and O–H groups in total. The normalized spacial score (nSPS) is 11.0. The summed E-state index contributed by atoms with van der Waals surface area (Å²) in [4.78, 5) is 0. The van der Waals surface area contributed by atoms with Gasteiger partial charge >= 0.3 is 0 Å². The number of nitriles is 1. The molecule has 0 aromatic heterocycles. The van der Waals surface area contributed by atoms with E-state index in [-0.39, 0.29) is 0 Å². The predicted octanol–water partition coefficient (Wildman–Crippen LogP) is 3.75. The first-order valence-electron chi connectivity index (χ1n) is 5.14. The highest BCUT2D eigenvalue weighted by Gasteiger charge is 2.20. The Kier molecular flexibility index (Phi) is 3.83. The zero-order chi connectivity index (χ0) is 12.3. The maximum absolute atomic E-state index is 9.02. The lowest BCUT2D eigenvalue weighted by Crippen LogP contribution is -2.12. The minimum Gasteiger partial charge on any atom is -0.496 e. The van der Waals surface area contributed by atoms with Gasteiger partial charge in [-0.2, -0.15) is 5.26 Å². The number of methoxy groups -OCH3 is 1. The third-order valence-corrected chi connectivity index (χ3v) is 2.90. The third kappa shape index (κ3) is 2.90. The molecule has 0 heterocycles. The first kappa shape index (κ1) is 12.9. The second-order valence-electron chi connectivity index (χ2n) is 4.59. The Morgan fingerprint density at radius 2 is 2.06 bits per heavy atom. The lowest BCUT2D eigenvalue weighted by molar-refractivity contribution is 0.399. The van der Waals surface area contributed by atoms with Crippen molar-refractivity contribution < 1.29 is 4.74 Å². The van der Waals surface area contributed by atoms with Crippen LogP contribution < -0.4 is 4.74 Å². The summed E-state index contributed by atoms with van der Waals surface area (Å²) >= 11 is 6.08. The summed E-state index contributed by atoms with van der Waals surface area (Å²) in [5.74, 6) is 0.797. The summed E-state index contributed by atoms with van der Waals surface area (Å²) in [6.45, 7) is 5.74. The molecule has 0 atom stereocenters. The monoisotopic (exact) mass is 237 g/mol. The molecule has 0 saturated carbocycles. The maximum atomic E-state index is 9.02. The van der Waals surface area contributed by atoms with Crippen LogP contribution in [0.2, 0.25) is 5.02 Å². The highest BCUT2D eigenvalue weighted by Crippen LogP contribution is 2.31. The second kappa shape index (κ2) is 4.76. The number of ether oxygens (including phenoxy) is 1. The lowest BCUT2D eigenvalue weighted by atomic mass is 9.87. The van der Waals surface area contributed by atoms with E-state index in [1.165, 1.54) is 0 Å². The summed E-state index contributed by atoms with van der Waals surface area (Å²) in [6, 6.07) is 6.07. The highest BCUT2D eigenvalue weighted by molar-refractivity contribution is 6.31. The minimum atomic E-state index is -0.411. The van der Waals surface area contributed by atoms with E-state index in [4.69, 9.17) is 21.6 Å². The smallest absolute Gasteiger partial charge is 0.122 e. The zero-order valence-electron chi connectivity index (χ0n) is 10.1. The Balaban J connectivity index is 3.14. The fraction of sp³-hybridized carbons (Fsp3) is 0.462. The Labute approximate surface area is 102 Å². The van der Waals surface area contributed by atoms with Gasteiger partial charge in [-0.25, -0.2) is 0 Å². The van der Waals surface area contributed by atoms with Gasteiger partial charge in [-0.3, -0.25) is 0 Å². The fourth-order valence-corrected chi connectivity index (χ4v) is 1.73. The van der Waals surface area contributed by atoms with Crippen LogP contribution in [0.15, 0.2) is 12.1 Å². The van der Waals surface area contributed by atoms with Gasteiger partial charge in [0.25, 0.3) is 0 Å². The summed E-state index contributed by atoms with van der Waals surface area (Å²) < 4.78 is 5.30. The SMILES string of the molecule is COc1cc(C)c(Cl)cc1CC(C)(C)C#N. The summed E-state index contributed by atoms with van der Waals surface area (Å²) in [7, 11) is 1.63. The van der Waals surface area contributed by atoms with Gasteiger partial charge in [0.05, 0.1) is 18.6 Å². The average molecular weight is 238 g/mol. The van der Waals surface area contributed by atoms with Gasteiger partial charge in [-0.1, -0.05) is 11.6 Å². The van der Waals surface area contributed by atoms with Gasteiger partial charge < -0.3 is 4.74 Å². The van der Waals surface area contributed by atoms with Crippen LogP contribution in [0.25, 0.3) is 0 Å². The average Bonchev–Trinajstić information content (AvgIpc) is 2.22. The molecule has 0 saturated heterocycles. The van der Waals surface area contributed by atoms with E-state index in [0.29, 0.717) is 11.4 Å². The highest BCUT2D eigenvalue weighted by atomic mass is 35.5. The molecule has 0 amide bonds. The molecule has 0 aliphatic rings. The van der Waals surface area contributed by atoms with Crippen molar-refractivity contribution in [1.82, 2.24) is 0 Å². The summed E-state index contributed by atoms with van der Waals surface area (Å²) in [5, 5.41) is 9.73. The van der Waals surface area contributed by atoms with Gasteiger partial charge in [-0.05, 0) is 50.5 Å². The zero-order valence-corrected chi connectivity index (χ0v) is 10.9. The van der Waals surface area contributed by atoms with Crippen molar-refractivity contribution in [2.75, 3.05) is 7.11 Å². The molecule has 0 bridgehead atoms. The van der Waals surface area contributed by atoms with Gasteiger partial charge in [0.15, 0.2) is 0 Å². The van der Waals surface area contributed by atoms with Crippen molar-refractivity contribution in [1.29, 1.82) is 5.26 Å². The molecule has 16 heavy (non-hydrogen) atoms. The topological polar surface area (TPSA) is 33.0 Å². The predicted molar refractivity (Wildman–Crippen MR) is 65.8 cm³/mol. The Morgan fingerprint density at radius 3 is 2.56 bits per heavy atom. The minimum absolute atomic E-state index is 0.411. The number of hydrogen-bond donors (Lipinski definition) is 0.